The Morgan fingerprint density at radius 1 is 1.58 bits per heavy atom. The number of nitriles is 1. The number of hydrogen-bond acceptors (Lipinski definition) is 5. The maximum Gasteiger partial charge on any atom is 0.308 e. The summed E-state index contributed by atoms with van der Waals surface area (Å²) < 4.78 is 10.0. The minimum atomic E-state index is -1.01. The Labute approximate surface area is 113 Å². The van der Waals surface area contributed by atoms with Crippen LogP contribution in [0.1, 0.15) is 26.7 Å². The van der Waals surface area contributed by atoms with Crippen LogP contribution in [0.3, 0.4) is 0 Å². The van der Waals surface area contributed by atoms with E-state index in [0.29, 0.717) is 26.1 Å². The molecule has 19 heavy (non-hydrogen) atoms. The lowest BCUT2D eigenvalue weighted by molar-refractivity contribution is -0.153. The van der Waals surface area contributed by atoms with Gasteiger partial charge in [0.05, 0.1) is 32.3 Å². The molecule has 0 radical (unpaired) electrons. The average molecular weight is 268 g/mol. The number of nitrogens with zero attached hydrogens (tertiary/aromatic N) is 2. The fourth-order valence-electron chi connectivity index (χ4n) is 1.92. The van der Waals surface area contributed by atoms with E-state index >= 15 is 0 Å². The molecule has 0 spiro atoms. The number of methoxy groups -OCH3 is 1. The van der Waals surface area contributed by atoms with Crippen LogP contribution >= 0.6 is 0 Å². The Bertz CT molecular complexity index is 391. The molecule has 1 heterocycles. The predicted molar refractivity (Wildman–Crippen MR) is 67.0 cm³/mol. The molecule has 0 saturated carbocycles. The van der Waals surface area contributed by atoms with Crippen LogP contribution in [0.5, 0.6) is 0 Å². The van der Waals surface area contributed by atoms with Crippen molar-refractivity contribution in [2.45, 2.75) is 32.8 Å². The minimum Gasteiger partial charge on any atom is -0.469 e. The van der Waals surface area contributed by atoms with Crippen molar-refractivity contribution in [3.8, 4) is 6.07 Å². The summed E-state index contributed by atoms with van der Waals surface area (Å²) in [7, 11) is 1.32. The number of morpholine rings is 1. The van der Waals surface area contributed by atoms with Gasteiger partial charge in [-0.1, -0.05) is 6.92 Å². The summed E-state index contributed by atoms with van der Waals surface area (Å²) in [5.41, 5.74) is -1.01. The molecule has 0 N–H and O–H groups in total. The van der Waals surface area contributed by atoms with E-state index in [-0.39, 0.29) is 24.4 Å². The van der Waals surface area contributed by atoms with Crippen molar-refractivity contribution in [1.82, 2.24) is 4.90 Å². The molecule has 0 aromatic rings. The normalized spacial score (nSPS) is 22.2. The lowest BCUT2D eigenvalue weighted by Gasteiger charge is -2.36. The molecule has 2 atom stereocenters. The van der Waals surface area contributed by atoms with Gasteiger partial charge < -0.3 is 14.4 Å². The molecule has 6 heteroatoms. The van der Waals surface area contributed by atoms with E-state index in [1.165, 1.54) is 7.11 Å². The summed E-state index contributed by atoms with van der Waals surface area (Å²) in [4.78, 5) is 25.1. The van der Waals surface area contributed by atoms with E-state index in [4.69, 9.17) is 10.00 Å². The molecule has 6 nitrogen and oxygen atoms in total. The first-order chi connectivity index (χ1) is 8.96. The van der Waals surface area contributed by atoms with Gasteiger partial charge in [0.2, 0.25) is 5.91 Å². The second-order valence-corrected chi connectivity index (χ2v) is 4.82. The zero-order chi connectivity index (χ0) is 14.5. The number of esters is 1. The van der Waals surface area contributed by atoms with E-state index in [9.17, 15) is 9.59 Å². The second kappa shape index (κ2) is 6.53. The molecule has 1 aliphatic heterocycles. The number of rotatable bonds is 4. The third-order valence-electron chi connectivity index (χ3n) is 3.47. The molecule has 1 fully saturated rings. The van der Waals surface area contributed by atoms with Gasteiger partial charge in [-0.25, -0.2) is 0 Å². The Balaban J connectivity index is 2.67. The van der Waals surface area contributed by atoms with Crippen LogP contribution < -0.4 is 0 Å². The molecule has 0 bridgehead atoms. The fraction of sp³-hybridized carbons (Fsp3) is 0.769. The Kier molecular flexibility index (Phi) is 5.31. The molecular weight excluding hydrogens is 248 g/mol. The summed E-state index contributed by atoms with van der Waals surface area (Å²) in [5.74, 6) is -0.562. The van der Waals surface area contributed by atoms with Crippen molar-refractivity contribution in [2.24, 2.45) is 5.41 Å². The first-order valence-corrected chi connectivity index (χ1v) is 6.36. The van der Waals surface area contributed by atoms with Gasteiger partial charge in [-0.2, -0.15) is 5.26 Å². The third kappa shape index (κ3) is 3.67. The maximum absolute atomic E-state index is 12.3. The lowest BCUT2D eigenvalue weighted by atomic mass is 9.87. The highest BCUT2D eigenvalue weighted by Crippen LogP contribution is 2.24. The van der Waals surface area contributed by atoms with E-state index < -0.39 is 5.41 Å². The van der Waals surface area contributed by atoms with Crippen LogP contribution in [-0.2, 0) is 19.1 Å². The van der Waals surface area contributed by atoms with Gasteiger partial charge in [-0.15, -0.1) is 0 Å². The topological polar surface area (TPSA) is 79.6 Å². The highest BCUT2D eigenvalue weighted by molar-refractivity contribution is 5.85. The highest BCUT2D eigenvalue weighted by Gasteiger charge is 2.37. The second-order valence-electron chi connectivity index (χ2n) is 4.82. The van der Waals surface area contributed by atoms with Gasteiger partial charge in [0, 0.05) is 13.1 Å². The van der Waals surface area contributed by atoms with Crippen molar-refractivity contribution in [1.29, 1.82) is 5.26 Å². The Morgan fingerprint density at radius 3 is 2.79 bits per heavy atom. The van der Waals surface area contributed by atoms with Gasteiger partial charge >= 0.3 is 5.97 Å². The number of carbonyl (C=O) groups excluding carboxylic acids is 2. The summed E-state index contributed by atoms with van der Waals surface area (Å²) in [6, 6.07) is 2.07. The SMILES string of the molecule is CCC(C)(C#N)C(=O)N1CCOC(CC(=O)OC)C1. The minimum absolute atomic E-state index is 0.121. The molecule has 0 aromatic heterocycles. The molecule has 1 saturated heterocycles. The van der Waals surface area contributed by atoms with Crippen molar-refractivity contribution in [2.75, 3.05) is 26.8 Å². The third-order valence-corrected chi connectivity index (χ3v) is 3.47. The fourth-order valence-corrected chi connectivity index (χ4v) is 1.92. The summed E-state index contributed by atoms with van der Waals surface area (Å²) in [6.07, 6.45) is 0.224. The highest BCUT2D eigenvalue weighted by atomic mass is 16.5. The summed E-state index contributed by atoms with van der Waals surface area (Å²) in [5, 5.41) is 9.13. The maximum atomic E-state index is 12.3. The largest absolute Gasteiger partial charge is 0.469 e. The van der Waals surface area contributed by atoms with Crippen molar-refractivity contribution >= 4 is 11.9 Å². The van der Waals surface area contributed by atoms with Crippen LogP contribution in [0, 0.1) is 16.7 Å². The van der Waals surface area contributed by atoms with Gasteiger partial charge in [-0.05, 0) is 13.3 Å². The van der Waals surface area contributed by atoms with E-state index in [2.05, 4.69) is 10.8 Å². The van der Waals surface area contributed by atoms with Crippen LogP contribution in [0.15, 0.2) is 0 Å². The van der Waals surface area contributed by atoms with Gasteiger partial charge in [0.1, 0.15) is 5.41 Å². The molecular formula is C13H20N2O4. The van der Waals surface area contributed by atoms with Crippen LogP contribution in [0.25, 0.3) is 0 Å². The smallest absolute Gasteiger partial charge is 0.308 e. The van der Waals surface area contributed by atoms with Crippen molar-refractivity contribution in [3.63, 3.8) is 0 Å². The standard InChI is InChI=1S/C13H20N2O4/c1-4-13(2,9-14)12(17)15-5-6-19-10(8-15)7-11(16)18-3/h10H,4-8H2,1-3H3. The Hall–Kier alpha value is -1.61. The zero-order valence-electron chi connectivity index (χ0n) is 11.6. The first kappa shape index (κ1) is 15.4. The van der Waals surface area contributed by atoms with Crippen molar-refractivity contribution < 1.29 is 19.1 Å². The van der Waals surface area contributed by atoms with Gasteiger partial charge in [0.25, 0.3) is 0 Å². The quantitative estimate of drug-likeness (QED) is 0.702. The van der Waals surface area contributed by atoms with E-state index in [1.807, 2.05) is 6.92 Å². The number of ether oxygens (including phenoxy) is 2. The Morgan fingerprint density at radius 2 is 2.26 bits per heavy atom. The molecule has 0 aliphatic carbocycles. The number of carbonyl (C=O) groups is 2. The van der Waals surface area contributed by atoms with Gasteiger partial charge in [-0.3, -0.25) is 9.59 Å². The number of amides is 1. The van der Waals surface area contributed by atoms with Crippen LogP contribution in [0.4, 0.5) is 0 Å². The van der Waals surface area contributed by atoms with Crippen LogP contribution in [0.2, 0.25) is 0 Å². The lowest BCUT2D eigenvalue weighted by Crippen LogP contribution is -2.50. The monoisotopic (exact) mass is 268 g/mol. The van der Waals surface area contributed by atoms with E-state index in [0.717, 1.165) is 0 Å². The average Bonchev–Trinajstić information content (AvgIpc) is 2.45. The van der Waals surface area contributed by atoms with E-state index in [1.54, 1.807) is 11.8 Å². The zero-order valence-corrected chi connectivity index (χ0v) is 11.6. The molecule has 1 aliphatic rings. The number of hydrogen-bond donors (Lipinski definition) is 0. The first-order valence-electron chi connectivity index (χ1n) is 6.36. The molecule has 1 rings (SSSR count). The van der Waals surface area contributed by atoms with Crippen molar-refractivity contribution in [3.05, 3.63) is 0 Å². The molecule has 0 aromatic carbocycles. The van der Waals surface area contributed by atoms with Crippen LogP contribution in [-0.4, -0.2) is 49.7 Å². The molecule has 2 unspecified atom stereocenters. The summed E-state index contributed by atoms with van der Waals surface area (Å²) in [6.45, 7) is 4.60. The predicted octanol–water partition coefficient (Wildman–Crippen LogP) is 0.717. The van der Waals surface area contributed by atoms with Gasteiger partial charge in [0.15, 0.2) is 0 Å². The summed E-state index contributed by atoms with van der Waals surface area (Å²) >= 11 is 0. The molecule has 106 valence electrons. The molecule has 1 amide bonds.